The minimum Gasteiger partial charge on any atom is -0.489 e. The first-order valence-corrected chi connectivity index (χ1v) is 8.34. The fourth-order valence-electron chi connectivity index (χ4n) is 2.34. The monoisotopic (exact) mass is 388 g/mol. The van der Waals surface area contributed by atoms with Crippen molar-refractivity contribution in [3.63, 3.8) is 0 Å². The second-order valence-electron chi connectivity index (χ2n) is 5.89. The molecule has 0 aliphatic carbocycles. The highest BCUT2D eigenvalue weighted by Crippen LogP contribution is 2.29. The van der Waals surface area contributed by atoms with Gasteiger partial charge in [-0.25, -0.2) is 4.39 Å². The summed E-state index contributed by atoms with van der Waals surface area (Å²) in [4.78, 5) is 0. The summed E-state index contributed by atoms with van der Waals surface area (Å²) in [5.74, 6) is 0.261. The first-order chi connectivity index (χ1) is 13.4. The van der Waals surface area contributed by atoms with Gasteiger partial charge in [0.15, 0.2) is 0 Å². The third-order valence-electron chi connectivity index (χ3n) is 3.85. The number of alkyl halides is 3. The van der Waals surface area contributed by atoms with Crippen molar-refractivity contribution in [3.8, 4) is 5.75 Å². The minimum atomic E-state index is -4.36. The molecule has 0 spiro atoms. The molecule has 3 nitrogen and oxygen atoms in total. The predicted octanol–water partition coefficient (Wildman–Crippen LogP) is 5.87. The van der Waals surface area contributed by atoms with Crippen molar-refractivity contribution in [1.29, 1.82) is 0 Å². The zero-order valence-corrected chi connectivity index (χ0v) is 14.6. The fourth-order valence-corrected chi connectivity index (χ4v) is 2.34. The molecule has 0 fully saturated rings. The van der Waals surface area contributed by atoms with E-state index in [2.05, 4.69) is 10.5 Å². The number of halogens is 4. The highest BCUT2D eigenvalue weighted by molar-refractivity contribution is 5.80. The molecule has 0 aliphatic rings. The summed E-state index contributed by atoms with van der Waals surface area (Å²) in [7, 11) is 0. The molecule has 144 valence electrons. The van der Waals surface area contributed by atoms with Gasteiger partial charge in [0.05, 0.1) is 17.5 Å². The maximum Gasteiger partial charge on any atom is 0.416 e. The molecular weight excluding hydrogens is 372 g/mol. The van der Waals surface area contributed by atoms with Crippen LogP contribution in [0.1, 0.15) is 16.7 Å². The lowest BCUT2D eigenvalue weighted by atomic mass is 10.2. The van der Waals surface area contributed by atoms with Crippen molar-refractivity contribution in [2.75, 3.05) is 5.43 Å². The highest BCUT2D eigenvalue weighted by atomic mass is 19.4. The Bertz CT molecular complexity index is 936. The van der Waals surface area contributed by atoms with Crippen molar-refractivity contribution >= 4 is 11.9 Å². The number of rotatable bonds is 6. The Balaban J connectivity index is 1.53. The third-order valence-corrected chi connectivity index (χ3v) is 3.85. The summed E-state index contributed by atoms with van der Waals surface area (Å²) in [5, 5.41) is 3.99. The molecule has 3 aromatic rings. The summed E-state index contributed by atoms with van der Waals surface area (Å²) in [6, 6.07) is 17.9. The standard InChI is InChI=1S/C21H16F4N2O/c22-20-4-2-1-3-16(20)14-28-19-11-5-15(6-12-19)13-26-27-18-9-7-17(8-10-18)21(23,24)25/h1-13,27H,14H2. The van der Waals surface area contributed by atoms with Gasteiger partial charge in [0.25, 0.3) is 0 Å². The molecule has 0 saturated heterocycles. The normalized spacial score (nSPS) is 11.6. The second kappa shape index (κ2) is 8.56. The molecule has 0 heterocycles. The Hall–Kier alpha value is -3.35. The Morgan fingerprint density at radius 2 is 1.57 bits per heavy atom. The smallest absolute Gasteiger partial charge is 0.416 e. The average Bonchev–Trinajstić information content (AvgIpc) is 2.68. The van der Waals surface area contributed by atoms with Crippen molar-refractivity contribution in [2.24, 2.45) is 5.10 Å². The molecule has 0 radical (unpaired) electrons. The number of benzene rings is 3. The summed E-state index contributed by atoms with van der Waals surface area (Å²) in [5.41, 5.74) is 3.62. The zero-order valence-electron chi connectivity index (χ0n) is 14.6. The Kier molecular flexibility index (Phi) is 5.93. The van der Waals surface area contributed by atoms with Gasteiger partial charge in [-0.05, 0) is 60.2 Å². The number of nitrogens with zero attached hydrogens (tertiary/aromatic N) is 1. The predicted molar refractivity (Wildman–Crippen MR) is 99.8 cm³/mol. The van der Waals surface area contributed by atoms with Crippen molar-refractivity contribution in [3.05, 3.63) is 95.3 Å². The molecule has 3 rings (SSSR count). The van der Waals surface area contributed by atoms with E-state index in [1.807, 2.05) is 0 Å². The maximum absolute atomic E-state index is 13.6. The number of hydrazone groups is 1. The molecule has 0 atom stereocenters. The lowest BCUT2D eigenvalue weighted by Crippen LogP contribution is -2.04. The quantitative estimate of drug-likeness (QED) is 0.326. The minimum absolute atomic E-state index is 0.121. The molecule has 0 bridgehead atoms. The largest absolute Gasteiger partial charge is 0.489 e. The van der Waals surface area contributed by atoms with Gasteiger partial charge in [0, 0.05) is 5.56 Å². The first-order valence-electron chi connectivity index (χ1n) is 8.34. The molecule has 3 aromatic carbocycles. The van der Waals surface area contributed by atoms with Crippen LogP contribution in [0.5, 0.6) is 5.75 Å². The summed E-state index contributed by atoms with van der Waals surface area (Å²) >= 11 is 0. The third kappa shape index (κ3) is 5.33. The van der Waals surface area contributed by atoms with Crippen LogP contribution in [-0.2, 0) is 12.8 Å². The molecule has 0 saturated carbocycles. The Morgan fingerprint density at radius 3 is 2.21 bits per heavy atom. The maximum atomic E-state index is 13.6. The van der Waals surface area contributed by atoms with Gasteiger partial charge in [-0.1, -0.05) is 18.2 Å². The van der Waals surface area contributed by atoms with E-state index in [4.69, 9.17) is 4.74 Å². The lowest BCUT2D eigenvalue weighted by Gasteiger charge is -2.07. The van der Waals surface area contributed by atoms with Crippen LogP contribution < -0.4 is 10.2 Å². The van der Waals surface area contributed by atoms with Crippen molar-refractivity contribution in [2.45, 2.75) is 12.8 Å². The number of ether oxygens (including phenoxy) is 1. The van der Waals surface area contributed by atoms with Gasteiger partial charge in [0.2, 0.25) is 0 Å². The van der Waals surface area contributed by atoms with E-state index in [9.17, 15) is 17.6 Å². The van der Waals surface area contributed by atoms with Gasteiger partial charge in [0.1, 0.15) is 18.2 Å². The van der Waals surface area contributed by atoms with E-state index in [0.717, 1.165) is 17.7 Å². The van der Waals surface area contributed by atoms with E-state index in [0.29, 0.717) is 17.0 Å². The Morgan fingerprint density at radius 1 is 0.893 bits per heavy atom. The van der Waals surface area contributed by atoms with Crippen molar-refractivity contribution < 1.29 is 22.3 Å². The molecule has 7 heteroatoms. The molecule has 0 unspecified atom stereocenters. The van der Waals surface area contributed by atoms with Gasteiger partial charge in [-0.3, -0.25) is 5.43 Å². The second-order valence-corrected chi connectivity index (χ2v) is 5.89. The number of hydrogen-bond acceptors (Lipinski definition) is 3. The van der Waals surface area contributed by atoms with Crippen molar-refractivity contribution in [1.82, 2.24) is 0 Å². The fraction of sp³-hybridized carbons (Fsp3) is 0.0952. The Labute approximate surface area is 159 Å². The summed E-state index contributed by atoms with van der Waals surface area (Å²) < 4.78 is 56.7. The number of nitrogens with one attached hydrogen (secondary N) is 1. The van der Waals surface area contributed by atoms with Gasteiger partial charge >= 0.3 is 6.18 Å². The first kappa shape index (κ1) is 19.4. The molecule has 0 aliphatic heterocycles. The van der Waals surface area contributed by atoms with Gasteiger partial charge in [-0.2, -0.15) is 18.3 Å². The van der Waals surface area contributed by atoms with E-state index >= 15 is 0 Å². The highest BCUT2D eigenvalue weighted by Gasteiger charge is 2.29. The average molecular weight is 388 g/mol. The van der Waals surface area contributed by atoms with E-state index in [-0.39, 0.29) is 12.4 Å². The van der Waals surface area contributed by atoms with E-state index in [1.54, 1.807) is 42.5 Å². The summed E-state index contributed by atoms with van der Waals surface area (Å²) in [6.45, 7) is 0.121. The van der Waals surface area contributed by atoms with Crippen LogP contribution >= 0.6 is 0 Å². The molecule has 1 N–H and O–H groups in total. The van der Waals surface area contributed by atoms with Crippen LogP contribution in [0.25, 0.3) is 0 Å². The zero-order chi connectivity index (χ0) is 20.0. The van der Waals surface area contributed by atoms with Crippen LogP contribution in [0.3, 0.4) is 0 Å². The van der Waals surface area contributed by atoms with Crippen LogP contribution in [0.2, 0.25) is 0 Å². The number of anilines is 1. The molecule has 0 amide bonds. The van der Waals surface area contributed by atoms with Gasteiger partial charge in [-0.15, -0.1) is 0 Å². The summed E-state index contributed by atoms with van der Waals surface area (Å²) in [6.07, 6.45) is -2.84. The van der Waals surface area contributed by atoms with Crippen LogP contribution in [0.4, 0.5) is 23.2 Å². The number of hydrogen-bond donors (Lipinski definition) is 1. The molecular formula is C21H16F4N2O. The molecule has 0 aromatic heterocycles. The topological polar surface area (TPSA) is 33.6 Å². The SMILES string of the molecule is Fc1ccccc1COc1ccc(C=NNc2ccc(C(F)(F)F)cc2)cc1. The molecule has 28 heavy (non-hydrogen) atoms. The van der Waals surface area contributed by atoms with E-state index in [1.165, 1.54) is 24.4 Å². The van der Waals surface area contributed by atoms with Crippen LogP contribution in [0, 0.1) is 5.82 Å². The van der Waals surface area contributed by atoms with E-state index < -0.39 is 11.7 Å². The van der Waals surface area contributed by atoms with Crippen LogP contribution in [-0.4, -0.2) is 6.21 Å². The van der Waals surface area contributed by atoms with Gasteiger partial charge < -0.3 is 4.74 Å². The lowest BCUT2D eigenvalue weighted by molar-refractivity contribution is -0.137. The van der Waals surface area contributed by atoms with Crippen LogP contribution in [0.15, 0.2) is 77.9 Å².